The lowest BCUT2D eigenvalue weighted by molar-refractivity contribution is -0.143. The van der Waals surface area contributed by atoms with Gasteiger partial charge in [0.25, 0.3) is 0 Å². The van der Waals surface area contributed by atoms with E-state index in [4.69, 9.17) is 0 Å². The standard InChI is InChI=1S/C17H16F4N6/c18-13-4-2-1-3-12(13)16-24-23-15-6-5-14(25-27(15)16)22-11-7-8-26(9-11)10-17(19,20)21/h1-6,11H,7-10H2,(H,22,25)/t11-/m1/s1. The van der Waals surface area contributed by atoms with Crippen LogP contribution in [-0.4, -0.2) is 56.6 Å². The van der Waals surface area contributed by atoms with Crippen LogP contribution in [0.25, 0.3) is 17.0 Å². The summed E-state index contributed by atoms with van der Waals surface area (Å²) >= 11 is 0. The van der Waals surface area contributed by atoms with Crippen LogP contribution in [0, 0.1) is 5.82 Å². The summed E-state index contributed by atoms with van der Waals surface area (Å²) < 4.78 is 53.0. The normalized spacial score (nSPS) is 18.3. The lowest BCUT2D eigenvalue weighted by Crippen LogP contribution is -2.34. The molecule has 10 heteroatoms. The number of halogens is 4. The molecular weight excluding hydrogens is 364 g/mol. The van der Waals surface area contributed by atoms with E-state index in [1.54, 1.807) is 30.3 Å². The van der Waals surface area contributed by atoms with E-state index in [1.807, 2.05) is 0 Å². The van der Waals surface area contributed by atoms with Gasteiger partial charge in [-0.25, -0.2) is 4.39 Å². The maximum Gasteiger partial charge on any atom is 0.401 e. The van der Waals surface area contributed by atoms with Crippen molar-refractivity contribution in [2.75, 3.05) is 25.0 Å². The highest BCUT2D eigenvalue weighted by atomic mass is 19.4. The molecule has 27 heavy (non-hydrogen) atoms. The fourth-order valence-corrected chi connectivity index (χ4v) is 3.23. The number of nitrogens with one attached hydrogen (secondary N) is 1. The molecule has 6 nitrogen and oxygen atoms in total. The Morgan fingerprint density at radius 3 is 2.70 bits per heavy atom. The molecule has 0 spiro atoms. The Morgan fingerprint density at radius 1 is 1.11 bits per heavy atom. The number of fused-ring (bicyclic) bond motifs is 1. The highest BCUT2D eigenvalue weighted by Gasteiger charge is 2.34. The second-order valence-corrected chi connectivity index (χ2v) is 6.47. The number of benzene rings is 1. The first-order valence-electron chi connectivity index (χ1n) is 8.42. The van der Waals surface area contributed by atoms with Crippen LogP contribution < -0.4 is 5.32 Å². The topological polar surface area (TPSA) is 58.4 Å². The number of nitrogens with zero attached hydrogens (tertiary/aromatic N) is 5. The monoisotopic (exact) mass is 380 g/mol. The van der Waals surface area contributed by atoms with Crippen LogP contribution >= 0.6 is 0 Å². The SMILES string of the molecule is Fc1ccccc1-c1nnc2ccc(N[C@@H]3CCN(CC(F)(F)F)C3)nn12. The van der Waals surface area contributed by atoms with E-state index in [2.05, 4.69) is 20.6 Å². The third kappa shape index (κ3) is 3.85. The Morgan fingerprint density at radius 2 is 1.93 bits per heavy atom. The van der Waals surface area contributed by atoms with Gasteiger partial charge < -0.3 is 5.32 Å². The van der Waals surface area contributed by atoms with Crippen LogP contribution in [0.1, 0.15) is 6.42 Å². The molecule has 1 aliphatic heterocycles. The van der Waals surface area contributed by atoms with E-state index in [0.29, 0.717) is 24.4 Å². The van der Waals surface area contributed by atoms with Crippen LogP contribution in [0.4, 0.5) is 23.4 Å². The molecule has 1 atom stereocenters. The van der Waals surface area contributed by atoms with Crippen molar-refractivity contribution in [2.24, 2.45) is 0 Å². The average Bonchev–Trinajstić information content (AvgIpc) is 3.20. The van der Waals surface area contributed by atoms with Crippen molar-refractivity contribution in [1.82, 2.24) is 24.7 Å². The number of hydrogen-bond donors (Lipinski definition) is 1. The predicted octanol–water partition coefficient (Wildman–Crippen LogP) is 2.98. The Kier molecular flexibility index (Phi) is 4.42. The maximum atomic E-state index is 14.1. The van der Waals surface area contributed by atoms with Gasteiger partial charge >= 0.3 is 6.18 Å². The molecule has 3 heterocycles. The predicted molar refractivity (Wildman–Crippen MR) is 90.7 cm³/mol. The molecule has 3 aromatic rings. The minimum atomic E-state index is -4.21. The van der Waals surface area contributed by atoms with Crippen molar-refractivity contribution < 1.29 is 17.6 Å². The molecule has 4 rings (SSSR count). The zero-order chi connectivity index (χ0) is 19.0. The molecule has 0 amide bonds. The van der Waals surface area contributed by atoms with E-state index in [9.17, 15) is 17.6 Å². The van der Waals surface area contributed by atoms with Gasteiger partial charge in [0, 0.05) is 19.1 Å². The third-order valence-corrected chi connectivity index (χ3v) is 4.40. The Labute approximate surface area is 151 Å². The zero-order valence-electron chi connectivity index (χ0n) is 14.1. The lowest BCUT2D eigenvalue weighted by Gasteiger charge is -2.18. The molecule has 0 bridgehead atoms. The summed E-state index contributed by atoms with van der Waals surface area (Å²) in [5.74, 6) is 0.293. The number of aromatic nitrogens is 4. The molecule has 0 radical (unpaired) electrons. The highest BCUT2D eigenvalue weighted by molar-refractivity contribution is 5.60. The summed E-state index contributed by atoms with van der Waals surface area (Å²) in [6, 6.07) is 9.39. The van der Waals surface area contributed by atoms with Gasteiger partial charge in [-0.3, -0.25) is 4.90 Å². The summed E-state index contributed by atoms with van der Waals surface area (Å²) in [4.78, 5) is 1.36. The first-order chi connectivity index (χ1) is 12.9. The first kappa shape index (κ1) is 17.7. The average molecular weight is 380 g/mol. The largest absolute Gasteiger partial charge is 0.401 e. The Balaban J connectivity index is 1.54. The molecule has 0 unspecified atom stereocenters. The molecule has 1 fully saturated rings. The maximum absolute atomic E-state index is 14.1. The van der Waals surface area contributed by atoms with Gasteiger partial charge in [-0.2, -0.15) is 17.7 Å². The second-order valence-electron chi connectivity index (χ2n) is 6.47. The minimum absolute atomic E-state index is 0.148. The fraction of sp³-hybridized carbons (Fsp3) is 0.353. The number of hydrogen-bond acceptors (Lipinski definition) is 5. The fourth-order valence-electron chi connectivity index (χ4n) is 3.23. The Hall–Kier alpha value is -2.75. The highest BCUT2D eigenvalue weighted by Crippen LogP contribution is 2.23. The van der Waals surface area contributed by atoms with E-state index >= 15 is 0 Å². The quantitative estimate of drug-likeness (QED) is 0.706. The van der Waals surface area contributed by atoms with Gasteiger partial charge in [0.1, 0.15) is 11.6 Å². The summed E-state index contributed by atoms with van der Waals surface area (Å²) in [7, 11) is 0. The van der Waals surface area contributed by atoms with Crippen LogP contribution in [0.3, 0.4) is 0 Å². The number of alkyl halides is 3. The van der Waals surface area contributed by atoms with Crippen molar-refractivity contribution in [1.29, 1.82) is 0 Å². The first-order valence-corrected chi connectivity index (χ1v) is 8.42. The van der Waals surface area contributed by atoms with E-state index in [1.165, 1.54) is 15.5 Å². The van der Waals surface area contributed by atoms with Crippen molar-refractivity contribution in [3.05, 3.63) is 42.2 Å². The summed E-state index contributed by atoms with van der Waals surface area (Å²) in [5, 5.41) is 15.5. The van der Waals surface area contributed by atoms with Crippen molar-refractivity contribution >= 4 is 11.5 Å². The summed E-state index contributed by atoms with van der Waals surface area (Å²) in [6.45, 7) is -0.269. The Bertz CT molecular complexity index is 954. The molecule has 1 saturated heterocycles. The molecule has 2 aromatic heterocycles. The molecule has 0 saturated carbocycles. The molecular formula is C17H16F4N6. The molecule has 1 aliphatic rings. The van der Waals surface area contributed by atoms with E-state index < -0.39 is 18.5 Å². The van der Waals surface area contributed by atoms with Gasteiger partial charge in [-0.15, -0.1) is 15.3 Å². The second kappa shape index (κ2) is 6.76. The number of anilines is 1. The van der Waals surface area contributed by atoms with Crippen LogP contribution in [0.5, 0.6) is 0 Å². The van der Waals surface area contributed by atoms with Gasteiger partial charge in [-0.1, -0.05) is 12.1 Å². The lowest BCUT2D eigenvalue weighted by atomic mass is 10.2. The number of rotatable bonds is 4. The number of likely N-dealkylation sites (tertiary alicyclic amines) is 1. The zero-order valence-corrected chi connectivity index (χ0v) is 14.1. The van der Waals surface area contributed by atoms with Crippen LogP contribution in [0.15, 0.2) is 36.4 Å². The molecule has 1 aromatic carbocycles. The van der Waals surface area contributed by atoms with Crippen molar-refractivity contribution in [3.8, 4) is 11.4 Å². The van der Waals surface area contributed by atoms with Crippen molar-refractivity contribution in [3.63, 3.8) is 0 Å². The van der Waals surface area contributed by atoms with Gasteiger partial charge in [-0.05, 0) is 30.7 Å². The third-order valence-electron chi connectivity index (χ3n) is 4.40. The van der Waals surface area contributed by atoms with Crippen LogP contribution in [0.2, 0.25) is 0 Å². The van der Waals surface area contributed by atoms with Gasteiger partial charge in [0.2, 0.25) is 0 Å². The summed E-state index contributed by atoms with van der Waals surface area (Å²) in [5.41, 5.74) is 0.718. The molecule has 0 aliphatic carbocycles. The van der Waals surface area contributed by atoms with Crippen LogP contribution in [-0.2, 0) is 0 Å². The van der Waals surface area contributed by atoms with Gasteiger partial charge in [0.15, 0.2) is 11.5 Å². The minimum Gasteiger partial charge on any atom is -0.365 e. The molecule has 1 N–H and O–H groups in total. The van der Waals surface area contributed by atoms with E-state index in [0.717, 1.165) is 0 Å². The van der Waals surface area contributed by atoms with Gasteiger partial charge in [0.05, 0.1) is 12.1 Å². The molecule has 142 valence electrons. The van der Waals surface area contributed by atoms with E-state index in [-0.39, 0.29) is 24.0 Å². The summed E-state index contributed by atoms with van der Waals surface area (Å²) in [6.07, 6.45) is -3.62. The van der Waals surface area contributed by atoms with Crippen molar-refractivity contribution in [2.45, 2.75) is 18.6 Å². The smallest absolute Gasteiger partial charge is 0.365 e.